The zero-order valence-corrected chi connectivity index (χ0v) is 16.2. The number of hydrazone groups is 1. The average molecular weight is 397 g/mol. The zero-order chi connectivity index (χ0) is 21.2. The highest BCUT2D eigenvalue weighted by Gasteiger charge is 2.15. The number of benzene rings is 2. The third-order valence-electron chi connectivity index (χ3n) is 4.05. The Kier molecular flexibility index (Phi) is 7.90. The summed E-state index contributed by atoms with van der Waals surface area (Å²) < 4.78 is 5.61. The minimum absolute atomic E-state index is 0.0364. The quantitative estimate of drug-likeness (QED) is 0.359. The molecular weight excluding hydrogens is 374 g/mol. The molecule has 0 aliphatic heterocycles. The number of carbonyl (C=O) groups is 3. The molecule has 0 radical (unpaired) electrons. The molecule has 2 amide bonds. The first kappa shape index (κ1) is 21.6. The number of amides is 2. The summed E-state index contributed by atoms with van der Waals surface area (Å²) in [5, 5.41) is 15.7. The van der Waals surface area contributed by atoms with Crippen LogP contribution in [0.3, 0.4) is 0 Å². The van der Waals surface area contributed by atoms with Gasteiger partial charge in [-0.2, -0.15) is 5.10 Å². The van der Waals surface area contributed by atoms with Crippen molar-refractivity contribution in [3.05, 3.63) is 65.2 Å². The van der Waals surface area contributed by atoms with Gasteiger partial charge in [0.05, 0.1) is 6.21 Å². The molecule has 0 saturated carbocycles. The Morgan fingerprint density at radius 1 is 1.14 bits per heavy atom. The van der Waals surface area contributed by atoms with E-state index >= 15 is 0 Å². The lowest BCUT2D eigenvalue weighted by atomic mass is 10.1. The summed E-state index contributed by atoms with van der Waals surface area (Å²) >= 11 is 0. The number of nitrogens with one attached hydrogen (secondary N) is 2. The van der Waals surface area contributed by atoms with Crippen molar-refractivity contribution in [2.45, 2.75) is 32.9 Å². The number of ether oxygens (including phenoxy) is 1. The van der Waals surface area contributed by atoms with Crippen LogP contribution in [0.4, 0.5) is 0 Å². The summed E-state index contributed by atoms with van der Waals surface area (Å²) in [4.78, 5) is 34.9. The smallest absolute Gasteiger partial charge is 0.339 e. The monoisotopic (exact) mass is 397 g/mol. The Balaban J connectivity index is 2.01. The fraction of sp³-hybridized carbons (Fsp3) is 0.238. The van der Waals surface area contributed by atoms with Crippen molar-refractivity contribution < 1.29 is 24.2 Å². The second-order valence-corrected chi connectivity index (χ2v) is 6.32. The SMILES string of the molecule is CC[C@@H](C)NC(=O)C(=O)N/N=C\c1ccc(OCc2ccccc2)c(C(=O)O)c1. The maximum atomic E-state index is 11.7. The van der Waals surface area contributed by atoms with Crippen LogP contribution in [0.5, 0.6) is 5.75 Å². The Labute approximate surface area is 168 Å². The highest BCUT2D eigenvalue weighted by Crippen LogP contribution is 2.21. The molecule has 0 spiro atoms. The molecule has 0 aliphatic carbocycles. The van der Waals surface area contributed by atoms with Crippen LogP contribution < -0.4 is 15.5 Å². The zero-order valence-electron chi connectivity index (χ0n) is 16.2. The Morgan fingerprint density at radius 2 is 1.86 bits per heavy atom. The number of nitrogens with zero attached hydrogens (tertiary/aromatic N) is 1. The van der Waals surface area contributed by atoms with E-state index in [1.54, 1.807) is 13.0 Å². The first-order valence-corrected chi connectivity index (χ1v) is 9.08. The lowest BCUT2D eigenvalue weighted by Gasteiger charge is -2.10. The maximum Gasteiger partial charge on any atom is 0.339 e. The van der Waals surface area contributed by atoms with Crippen LogP contribution in [-0.2, 0) is 16.2 Å². The lowest BCUT2D eigenvalue weighted by molar-refractivity contribution is -0.139. The summed E-state index contributed by atoms with van der Waals surface area (Å²) in [6, 6.07) is 13.7. The van der Waals surface area contributed by atoms with Crippen molar-refractivity contribution in [1.82, 2.24) is 10.7 Å². The molecule has 2 aromatic carbocycles. The number of aromatic carboxylic acids is 1. The van der Waals surface area contributed by atoms with Gasteiger partial charge in [-0.05, 0) is 42.7 Å². The van der Waals surface area contributed by atoms with E-state index in [0.29, 0.717) is 12.0 Å². The van der Waals surface area contributed by atoms with Gasteiger partial charge < -0.3 is 15.2 Å². The molecule has 2 rings (SSSR count). The van der Waals surface area contributed by atoms with E-state index in [9.17, 15) is 19.5 Å². The van der Waals surface area contributed by atoms with Crippen LogP contribution in [0, 0.1) is 0 Å². The number of hydrogen-bond donors (Lipinski definition) is 3. The molecule has 1 atom stereocenters. The van der Waals surface area contributed by atoms with Crippen LogP contribution in [0.1, 0.15) is 41.8 Å². The van der Waals surface area contributed by atoms with E-state index in [1.807, 2.05) is 37.3 Å². The minimum Gasteiger partial charge on any atom is -0.488 e. The van der Waals surface area contributed by atoms with Gasteiger partial charge in [0, 0.05) is 6.04 Å². The highest BCUT2D eigenvalue weighted by molar-refractivity contribution is 6.35. The Morgan fingerprint density at radius 3 is 2.52 bits per heavy atom. The average Bonchev–Trinajstić information content (AvgIpc) is 2.73. The molecular formula is C21H23N3O5. The topological polar surface area (TPSA) is 117 Å². The summed E-state index contributed by atoms with van der Waals surface area (Å²) in [6.45, 7) is 3.90. The standard InChI is InChI=1S/C21H23N3O5/c1-3-14(2)23-19(25)20(26)24-22-12-16-9-10-18(17(11-16)21(27)28)29-13-15-7-5-4-6-8-15/h4-12,14H,3,13H2,1-2H3,(H,23,25)(H,24,26)(H,27,28)/b22-12-/t14-/m1/s1. The highest BCUT2D eigenvalue weighted by atomic mass is 16.5. The van der Waals surface area contributed by atoms with Gasteiger partial charge in [-0.25, -0.2) is 10.2 Å². The molecule has 0 heterocycles. The molecule has 152 valence electrons. The molecule has 0 aliphatic rings. The molecule has 0 aromatic heterocycles. The normalized spacial score (nSPS) is 11.7. The van der Waals surface area contributed by atoms with Crippen molar-refractivity contribution in [3.63, 3.8) is 0 Å². The fourth-order valence-electron chi connectivity index (χ4n) is 2.26. The van der Waals surface area contributed by atoms with Crippen molar-refractivity contribution in [2.24, 2.45) is 5.10 Å². The minimum atomic E-state index is -1.15. The number of hydrogen-bond acceptors (Lipinski definition) is 5. The molecule has 3 N–H and O–H groups in total. The number of rotatable bonds is 8. The molecule has 29 heavy (non-hydrogen) atoms. The Bertz CT molecular complexity index is 896. The predicted molar refractivity (Wildman–Crippen MR) is 108 cm³/mol. The van der Waals surface area contributed by atoms with E-state index in [4.69, 9.17) is 4.74 Å². The maximum absolute atomic E-state index is 11.7. The van der Waals surface area contributed by atoms with Gasteiger partial charge in [0.15, 0.2) is 0 Å². The summed E-state index contributed by atoms with van der Waals surface area (Å²) in [6.07, 6.45) is 1.95. The molecule has 2 aromatic rings. The van der Waals surface area contributed by atoms with Crippen LogP contribution in [0.25, 0.3) is 0 Å². The van der Waals surface area contributed by atoms with E-state index in [0.717, 1.165) is 5.56 Å². The molecule has 0 fully saturated rings. The number of carboxylic acids is 1. The number of carboxylic acid groups (broad SMARTS) is 1. The van der Waals surface area contributed by atoms with E-state index in [-0.39, 0.29) is 24.0 Å². The summed E-state index contributed by atoms with van der Waals surface area (Å²) in [7, 11) is 0. The first-order valence-electron chi connectivity index (χ1n) is 9.08. The van der Waals surface area contributed by atoms with Crippen LogP contribution in [0.15, 0.2) is 53.6 Å². The van der Waals surface area contributed by atoms with E-state index in [1.165, 1.54) is 18.3 Å². The van der Waals surface area contributed by atoms with Gasteiger partial charge in [0.1, 0.15) is 17.9 Å². The predicted octanol–water partition coefficient (Wildman–Crippen LogP) is 2.33. The van der Waals surface area contributed by atoms with E-state index < -0.39 is 17.8 Å². The second-order valence-electron chi connectivity index (χ2n) is 6.32. The van der Waals surface area contributed by atoms with Crippen LogP contribution in [0.2, 0.25) is 0 Å². The third-order valence-corrected chi connectivity index (χ3v) is 4.05. The van der Waals surface area contributed by atoms with Gasteiger partial charge in [-0.3, -0.25) is 9.59 Å². The Hall–Kier alpha value is -3.68. The van der Waals surface area contributed by atoms with Gasteiger partial charge in [0.25, 0.3) is 0 Å². The van der Waals surface area contributed by atoms with Gasteiger partial charge in [-0.15, -0.1) is 0 Å². The van der Waals surface area contributed by atoms with E-state index in [2.05, 4.69) is 15.8 Å². The fourth-order valence-corrected chi connectivity index (χ4v) is 2.26. The largest absolute Gasteiger partial charge is 0.488 e. The number of carbonyl (C=O) groups excluding carboxylic acids is 2. The van der Waals surface area contributed by atoms with Crippen molar-refractivity contribution >= 4 is 24.0 Å². The van der Waals surface area contributed by atoms with Crippen LogP contribution in [-0.4, -0.2) is 35.1 Å². The van der Waals surface area contributed by atoms with Gasteiger partial charge in [0.2, 0.25) is 0 Å². The summed E-state index contributed by atoms with van der Waals surface area (Å²) in [5.41, 5.74) is 3.41. The molecule has 0 unspecified atom stereocenters. The second kappa shape index (κ2) is 10.6. The van der Waals surface area contributed by atoms with Gasteiger partial charge >= 0.3 is 17.8 Å². The molecule has 8 heteroatoms. The van der Waals surface area contributed by atoms with Crippen LogP contribution >= 0.6 is 0 Å². The lowest BCUT2D eigenvalue weighted by Crippen LogP contribution is -2.41. The molecule has 8 nitrogen and oxygen atoms in total. The summed E-state index contributed by atoms with van der Waals surface area (Å²) in [5.74, 6) is -2.62. The molecule has 0 saturated heterocycles. The van der Waals surface area contributed by atoms with Gasteiger partial charge in [-0.1, -0.05) is 37.3 Å². The van der Waals surface area contributed by atoms with Crippen molar-refractivity contribution in [3.8, 4) is 5.75 Å². The first-order chi connectivity index (χ1) is 13.9. The van der Waals surface area contributed by atoms with Crippen molar-refractivity contribution in [1.29, 1.82) is 0 Å². The third kappa shape index (κ3) is 6.76. The molecule has 0 bridgehead atoms. The van der Waals surface area contributed by atoms with Crippen molar-refractivity contribution in [2.75, 3.05) is 0 Å².